The van der Waals surface area contributed by atoms with E-state index >= 15 is 0 Å². The molecule has 0 spiro atoms. The summed E-state index contributed by atoms with van der Waals surface area (Å²) in [6, 6.07) is 15.3. The first-order valence-electron chi connectivity index (χ1n) is 11.0. The van der Waals surface area contributed by atoms with E-state index in [1.807, 2.05) is 9.80 Å². The molecule has 5 rings (SSSR count). The lowest BCUT2D eigenvalue weighted by molar-refractivity contribution is -0.132. The third-order valence-corrected chi connectivity index (χ3v) is 7.70. The molecule has 0 radical (unpaired) electrons. The topological polar surface area (TPSA) is 93.0 Å². The van der Waals surface area contributed by atoms with Crippen LogP contribution in [0.15, 0.2) is 68.9 Å². The van der Waals surface area contributed by atoms with E-state index in [0.29, 0.717) is 37.5 Å². The van der Waals surface area contributed by atoms with Crippen molar-refractivity contribution in [2.45, 2.75) is 22.8 Å². The maximum atomic E-state index is 13.5. The third-order valence-electron chi connectivity index (χ3n) is 6.03. The van der Waals surface area contributed by atoms with Crippen molar-refractivity contribution in [1.29, 1.82) is 0 Å². The number of methoxy groups -OCH3 is 1. The van der Waals surface area contributed by atoms with Gasteiger partial charge < -0.3 is 19.0 Å². The van der Waals surface area contributed by atoms with E-state index in [0.717, 1.165) is 12.8 Å². The molecule has 1 saturated heterocycles. The van der Waals surface area contributed by atoms with Crippen LogP contribution < -0.4 is 9.64 Å². The van der Waals surface area contributed by atoms with Gasteiger partial charge in [-0.3, -0.25) is 4.79 Å². The first kappa shape index (κ1) is 21.5. The van der Waals surface area contributed by atoms with Gasteiger partial charge in [-0.15, -0.1) is 0 Å². The van der Waals surface area contributed by atoms with Crippen LogP contribution in [0.3, 0.4) is 0 Å². The summed E-state index contributed by atoms with van der Waals surface area (Å²) in [6.45, 7) is 2.01. The zero-order chi connectivity index (χ0) is 23.0. The normalized spacial score (nSPS) is 16.6. The molecule has 2 aliphatic rings. The fourth-order valence-electron chi connectivity index (χ4n) is 3.96. The number of anilines is 1. The number of carbonyl (C=O) groups excluding carboxylic acids is 1. The Balaban J connectivity index is 1.50. The Morgan fingerprint density at radius 1 is 1.00 bits per heavy atom. The Morgan fingerprint density at radius 3 is 2.27 bits per heavy atom. The van der Waals surface area contributed by atoms with E-state index < -0.39 is 9.84 Å². The molecule has 1 saturated carbocycles. The molecule has 0 atom stereocenters. The molecule has 2 heterocycles. The molecule has 33 heavy (non-hydrogen) atoms. The molecule has 172 valence electrons. The maximum Gasteiger partial charge on any atom is 0.236 e. The van der Waals surface area contributed by atoms with Crippen LogP contribution >= 0.6 is 0 Å². The monoisotopic (exact) mass is 467 g/mol. The van der Waals surface area contributed by atoms with E-state index in [-0.39, 0.29) is 33.5 Å². The molecule has 1 aromatic heterocycles. The molecule has 0 bridgehead atoms. The molecule has 9 heteroatoms. The number of nitrogens with zero attached hydrogens (tertiary/aromatic N) is 3. The van der Waals surface area contributed by atoms with Crippen molar-refractivity contribution < 1.29 is 22.4 Å². The van der Waals surface area contributed by atoms with E-state index in [2.05, 4.69) is 4.98 Å². The lowest BCUT2D eigenvalue weighted by Crippen LogP contribution is -2.49. The van der Waals surface area contributed by atoms with Crippen molar-refractivity contribution in [3.63, 3.8) is 0 Å². The first-order valence-corrected chi connectivity index (χ1v) is 12.4. The van der Waals surface area contributed by atoms with Gasteiger partial charge >= 0.3 is 0 Å². The highest BCUT2D eigenvalue weighted by molar-refractivity contribution is 7.91. The third kappa shape index (κ3) is 4.20. The van der Waals surface area contributed by atoms with E-state index in [1.54, 1.807) is 61.7 Å². The van der Waals surface area contributed by atoms with Gasteiger partial charge in [-0.25, -0.2) is 8.42 Å². The second-order valence-corrected chi connectivity index (χ2v) is 10.1. The summed E-state index contributed by atoms with van der Waals surface area (Å²) in [7, 11) is -2.32. The van der Waals surface area contributed by atoms with E-state index in [1.165, 1.54) is 0 Å². The van der Waals surface area contributed by atoms with Crippen LogP contribution in [-0.4, -0.2) is 57.5 Å². The number of hydrogen-bond acceptors (Lipinski definition) is 7. The first-order chi connectivity index (χ1) is 16.0. The second-order valence-electron chi connectivity index (χ2n) is 8.26. The Hall–Kier alpha value is -3.33. The van der Waals surface area contributed by atoms with Crippen LogP contribution in [0.25, 0.3) is 11.5 Å². The highest BCUT2D eigenvalue weighted by Crippen LogP contribution is 2.36. The summed E-state index contributed by atoms with van der Waals surface area (Å²) >= 11 is 0. The molecule has 8 nitrogen and oxygen atoms in total. The van der Waals surface area contributed by atoms with Crippen LogP contribution in [0.5, 0.6) is 5.75 Å². The number of aromatic nitrogens is 1. The van der Waals surface area contributed by atoms with E-state index in [9.17, 15) is 13.2 Å². The van der Waals surface area contributed by atoms with Crippen molar-refractivity contribution in [2.24, 2.45) is 5.92 Å². The molecular formula is C24H25N3O5S. The molecule has 1 aliphatic heterocycles. The number of hydrogen-bond donors (Lipinski definition) is 0. The van der Waals surface area contributed by atoms with Crippen molar-refractivity contribution in [3.05, 3.63) is 54.6 Å². The molecule has 0 N–H and O–H groups in total. The smallest absolute Gasteiger partial charge is 0.236 e. The molecule has 1 amide bonds. The average Bonchev–Trinajstić information content (AvgIpc) is 3.62. The number of amides is 1. The van der Waals surface area contributed by atoms with Crippen LogP contribution in [0.1, 0.15) is 12.8 Å². The fraction of sp³-hybridized carbons (Fsp3) is 0.333. The number of ether oxygens (including phenoxy) is 1. The summed E-state index contributed by atoms with van der Waals surface area (Å²) in [5, 5.41) is -0.110. The summed E-state index contributed by atoms with van der Waals surface area (Å²) in [6.07, 6.45) is 1.93. The van der Waals surface area contributed by atoms with Crippen molar-refractivity contribution >= 4 is 21.6 Å². The summed E-state index contributed by atoms with van der Waals surface area (Å²) in [5.74, 6) is 1.47. The zero-order valence-corrected chi connectivity index (χ0v) is 19.1. The summed E-state index contributed by atoms with van der Waals surface area (Å²) in [5.41, 5.74) is 0.647. The lowest BCUT2D eigenvalue weighted by Gasteiger charge is -2.34. The number of benzene rings is 2. The van der Waals surface area contributed by atoms with Crippen molar-refractivity contribution in [3.8, 4) is 17.2 Å². The van der Waals surface area contributed by atoms with Gasteiger partial charge in [0.15, 0.2) is 0 Å². The highest BCUT2D eigenvalue weighted by Gasteiger charge is 2.37. The fourth-order valence-corrected chi connectivity index (χ4v) is 5.30. The molecule has 0 unspecified atom stereocenters. The van der Waals surface area contributed by atoms with Crippen LogP contribution in [-0.2, 0) is 14.6 Å². The van der Waals surface area contributed by atoms with Gasteiger partial charge in [0.25, 0.3) is 0 Å². The average molecular weight is 468 g/mol. The second kappa shape index (κ2) is 8.55. The standard InChI is InChI=1S/C24H25N3O5S/c1-31-19-11-9-17(10-12-19)21-25-22(33(29,30)20-5-3-2-4-6-20)24(32-21)27-15-13-26(14-16-27)23(28)18-7-8-18/h2-6,9-12,18H,7-8,13-16H2,1H3. The van der Waals surface area contributed by atoms with Gasteiger partial charge in [0.2, 0.25) is 32.5 Å². The Labute approximate surface area is 192 Å². The number of carbonyl (C=O) groups is 1. The number of oxazole rings is 1. The summed E-state index contributed by atoms with van der Waals surface area (Å²) < 4.78 is 38.2. The molecular weight excluding hydrogens is 442 g/mol. The number of piperazine rings is 1. The molecule has 2 fully saturated rings. The molecule has 1 aliphatic carbocycles. The Morgan fingerprint density at radius 2 is 1.67 bits per heavy atom. The predicted octanol–water partition coefficient (Wildman–Crippen LogP) is 3.24. The quantitative estimate of drug-likeness (QED) is 0.549. The van der Waals surface area contributed by atoms with Gasteiger partial charge in [-0.1, -0.05) is 18.2 Å². The minimum atomic E-state index is -3.90. The van der Waals surface area contributed by atoms with Crippen molar-refractivity contribution in [2.75, 3.05) is 38.2 Å². The molecule has 2 aromatic carbocycles. The lowest BCUT2D eigenvalue weighted by atomic mass is 10.2. The number of rotatable bonds is 6. The van der Waals surface area contributed by atoms with Gasteiger partial charge in [-0.05, 0) is 49.2 Å². The zero-order valence-electron chi connectivity index (χ0n) is 18.3. The minimum absolute atomic E-state index is 0.110. The molecule has 3 aromatic rings. The highest BCUT2D eigenvalue weighted by atomic mass is 32.2. The maximum absolute atomic E-state index is 13.5. The Bertz CT molecular complexity index is 1240. The van der Waals surface area contributed by atoms with E-state index in [4.69, 9.17) is 9.15 Å². The van der Waals surface area contributed by atoms with Gasteiger partial charge in [0.05, 0.1) is 12.0 Å². The van der Waals surface area contributed by atoms with Crippen LogP contribution in [0.4, 0.5) is 5.88 Å². The minimum Gasteiger partial charge on any atom is -0.497 e. The largest absolute Gasteiger partial charge is 0.497 e. The Kier molecular flexibility index (Phi) is 5.57. The predicted molar refractivity (Wildman–Crippen MR) is 122 cm³/mol. The SMILES string of the molecule is COc1ccc(-c2nc(S(=O)(=O)c3ccccc3)c(N3CCN(C(=O)C4CC4)CC3)o2)cc1. The van der Waals surface area contributed by atoms with Gasteiger partial charge in [-0.2, -0.15) is 4.98 Å². The van der Waals surface area contributed by atoms with Crippen LogP contribution in [0.2, 0.25) is 0 Å². The van der Waals surface area contributed by atoms with Gasteiger partial charge in [0, 0.05) is 37.7 Å². The van der Waals surface area contributed by atoms with Crippen LogP contribution in [0, 0.1) is 5.92 Å². The van der Waals surface area contributed by atoms with Crippen molar-refractivity contribution in [1.82, 2.24) is 9.88 Å². The summed E-state index contributed by atoms with van der Waals surface area (Å²) in [4.78, 5) is 20.7. The van der Waals surface area contributed by atoms with Gasteiger partial charge in [0.1, 0.15) is 5.75 Å². The number of sulfone groups is 1.